The second kappa shape index (κ2) is 6.17. The van der Waals surface area contributed by atoms with E-state index in [0.29, 0.717) is 6.61 Å². The number of ether oxygens (including phenoxy) is 2. The van der Waals surface area contributed by atoms with Crippen LogP contribution in [0.4, 0.5) is 0 Å². The van der Waals surface area contributed by atoms with E-state index in [9.17, 15) is 9.90 Å². The molecule has 104 valence electrons. The maximum atomic E-state index is 11.6. The van der Waals surface area contributed by atoms with E-state index >= 15 is 0 Å². The van der Waals surface area contributed by atoms with E-state index in [4.69, 9.17) is 9.47 Å². The lowest BCUT2D eigenvalue weighted by atomic mass is 9.85. The van der Waals surface area contributed by atoms with Gasteiger partial charge in [0.2, 0.25) is 0 Å². The van der Waals surface area contributed by atoms with Gasteiger partial charge in [0.15, 0.2) is 6.10 Å². The lowest BCUT2D eigenvalue weighted by Gasteiger charge is -2.35. The first kappa shape index (κ1) is 14.0. The van der Waals surface area contributed by atoms with Gasteiger partial charge in [0, 0.05) is 0 Å². The van der Waals surface area contributed by atoms with Crippen LogP contribution in [-0.2, 0) is 20.9 Å². The number of aliphatic hydroxyl groups is 1. The topological polar surface area (TPSA) is 55.8 Å². The van der Waals surface area contributed by atoms with Crippen molar-refractivity contribution in [1.82, 2.24) is 0 Å². The monoisotopic (exact) mass is 264 g/mol. The van der Waals surface area contributed by atoms with Crippen molar-refractivity contribution in [3.63, 3.8) is 0 Å². The molecule has 4 heteroatoms. The summed E-state index contributed by atoms with van der Waals surface area (Å²) in [7, 11) is 0. The van der Waals surface area contributed by atoms with E-state index in [1.165, 1.54) is 0 Å². The Labute approximate surface area is 113 Å². The smallest absolute Gasteiger partial charge is 0.309 e. The molecule has 1 saturated heterocycles. The predicted octanol–water partition coefficient (Wildman–Crippen LogP) is 1.76. The van der Waals surface area contributed by atoms with Crippen molar-refractivity contribution in [2.75, 3.05) is 6.61 Å². The fourth-order valence-electron chi connectivity index (χ4n) is 2.18. The van der Waals surface area contributed by atoms with E-state index in [-0.39, 0.29) is 24.4 Å². The number of carbonyl (C=O) groups is 1. The second-order valence-electron chi connectivity index (χ2n) is 5.11. The number of aliphatic hydroxyl groups excluding tert-OH is 1. The summed E-state index contributed by atoms with van der Waals surface area (Å²) in [5.41, 5.74) is 1.06. The zero-order valence-corrected chi connectivity index (χ0v) is 11.3. The molecule has 0 radical (unpaired) electrons. The van der Waals surface area contributed by atoms with Gasteiger partial charge in [-0.05, 0) is 11.5 Å². The number of benzene rings is 1. The molecule has 1 aliphatic heterocycles. The Bertz CT molecular complexity index is 417. The summed E-state index contributed by atoms with van der Waals surface area (Å²) in [4.78, 5) is 11.6. The first-order chi connectivity index (χ1) is 9.09. The van der Waals surface area contributed by atoms with Crippen molar-refractivity contribution in [3.8, 4) is 0 Å². The van der Waals surface area contributed by atoms with Crippen LogP contribution in [0.1, 0.15) is 19.4 Å². The summed E-state index contributed by atoms with van der Waals surface area (Å²) >= 11 is 0. The van der Waals surface area contributed by atoms with Crippen LogP contribution in [0.3, 0.4) is 0 Å². The van der Waals surface area contributed by atoms with E-state index in [2.05, 4.69) is 0 Å². The maximum Gasteiger partial charge on any atom is 0.309 e. The molecule has 0 aliphatic carbocycles. The van der Waals surface area contributed by atoms with Crippen molar-refractivity contribution < 1.29 is 19.4 Å². The Hall–Kier alpha value is -1.39. The molecule has 1 aromatic rings. The molecule has 0 saturated carbocycles. The predicted molar refractivity (Wildman–Crippen MR) is 70.3 cm³/mol. The van der Waals surface area contributed by atoms with Crippen molar-refractivity contribution in [1.29, 1.82) is 0 Å². The van der Waals surface area contributed by atoms with Crippen LogP contribution in [0.5, 0.6) is 0 Å². The van der Waals surface area contributed by atoms with Crippen LogP contribution < -0.4 is 0 Å². The van der Waals surface area contributed by atoms with Crippen LogP contribution >= 0.6 is 0 Å². The highest BCUT2D eigenvalue weighted by atomic mass is 16.6. The van der Waals surface area contributed by atoms with E-state index in [0.717, 1.165) is 5.56 Å². The van der Waals surface area contributed by atoms with Crippen molar-refractivity contribution >= 4 is 5.97 Å². The quantitative estimate of drug-likeness (QED) is 0.842. The van der Waals surface area contributed by atoms with E-state index < -0.39 is 12.2 Å². The molecule has 1 N–H and O–H groups in total. The van der Waals surface area contributed by atoms with Crippen molar-refractivity contribution in [3.05, 3.63) is 35.9 Å². The number of cyclic esters (lactones) is 1. The van der Waals surface area contributed by atoms with Gasteiger partial charge in [0.1, 0.15) is 0 Å². The Morgan fingerprint density at radius 1 is 1.26 bits per heavy atom. The normalized spacial score (nSPS) is 31.0. The minimum absolute atomic E-state index is 0.105. The minimum Gasteiger partial charge on any atom is -0.457 e. The van der Waals surface area contributed by atoms with Gasteiger partial charge in [-0.25, -0.2) is 0 Å². The third-order valence-corrected chi connectivity index (χ3v) is 3.74. The van der Waals surface area contributed by atoms with E-state index in [1.54, 1.807) is 6.92 Å². The first-order valence-corrected chi connectivity index (χ1v) is 6.60. The molecule has 1 heterocycles. The average Bonchev–Trinajstić information content (AvgIpc) is 2.43. The lowest BCUT2D eigenvalue weighted by molar-refractivity contribution is -0.185. The zero-order chi connectivity index (χ0) is 13.8. The molecule has 0 unspecified atom stereocenters. The van der Waals surface area contributed by atoms with Crippen LogP contribution in [0.25, 0.3) is 0 Å². The molecule has 4 nitrogen and oxygen atoms in total. The molecule has 4 atom stereocenters. The Balaban J connectivity index is 1.84. The largest absolute Gasteiger partial charge is 0.457 e. The standard InChI is InChI=1S/C15H20O4/c1-10-11(2)15(17)19-13(14(10)16)9-18-8-12-6-4-3-5-7-12/h3-7,10-11,13-14,16H,8-9H2,1-2H3/t10-,11-,13-,14+/m0/s1. The number of hydrogen-bond donors (Lipinski definition) is 1. The second-order valence-corrected chi connectivity index (χ2v) is 5.11. The molecular formula is C15H20O4. The van der Waals surface area contributed by atoms with Crippen LogP contribution in [-0.4, -0.2) is 29.9 Å². The van der Waals surface area contributed by atoms with Crippen LogP contribution in [0.15, 0.2) is 30.3 Å². The Morgan fingerprint density at radius 3 is 2.63 bits per heavy atom. The fraction of sp³-hybridized carbons (Fsp3) is 0.533. The van der Waals surface area contributed by atoms with Gasteiger partial charge in [-0.2, -0.15) is 0 Å². The van der Waals surface area contributed by atoms with Crippen molar-refractivity contribution in [2.45, 2.75) is 32.7 Å². The van der Waals surface area contributed by atoms with Gasteiger partial charge in [-0.1, -0.05) is 44.2 Å². The summed E-state index contributed by atoms with van der Waals surface area (Å²) in [6.45, 7) is 4.31. The number of carbonyl (C=O) groups excluding carboxylic acids is 1. The molecule has 1 aliphatic rings. The number of hydrogen-bond acceptors (Lipinski definition) is 4. The minimum atomic E-state index is -0.663. The van der Waals surface area contributed by atoms with Gasteiger partial charge in [0.05, 0.1) is 25.2 Å². The van der Waals surface area contributed by atoms with Gasteiger partial charge >= 0.3 is 5.97 Å². The molecule has 0 spiro atoms. The van der Waals surface area contributed by atoms with Gasteiger partial charge in [0.25, 0.3) is 0 Å². The highest BCUT2D eigenvalue weighted by Crippen LogP contribution is 2.26. The van der Waals surface area contributed by atoms with Crippen molar-refractivity contribution in [2.24, 2.45) is 11.8 Å². The molecular weight excluding hydrogens is 244 g/mol. The van der Waals surface area contributed by atoms with Crippen LogP contribution in [0.2, 0.25) is 0 Å². The third-order valence-electron chi connectivity index (χ3n) is 3.74. The van der Waals surface area contributed by atoms with Gasteiger partial charge in [-0.15, -0.1) is 0 Å². The molecule has 0 aromatic heterocycles. The molecule has 0 bridgehead atoms. The van der Waals surface area contributed by atoms with Gasteiger partial charge < -0.3 is 14.6 Å². The lowest BCUT2D eigenvalue weighted by Crippen LogP contribution is -2.49. The summed E-state index contributed by atoms with van der Waals surface area (Å²) in [5, 5.41) is 10.1. The summed E-state index contributed by atoms with van der Waals surface area (Å²) in [5.74, 6) is -0.627. The summed E-state index contributed by atoms with van der Waals surface area (Å²) in [6.07, 6.45) is -1.23. The zero-order valence-electron chi connectivity index (χ0n) is 11.3. The average molecular weight is 264 g/mol. The highest BCUT2D eigenvalue weighted by Gasteiger charge is 2.40. The first-order valence-electron chi connectivity index (χ1n) is 6.60. The molecule has 0 amide bonds. The molecule has 19 heavy (non-hydrogen) atoms. The summed E-state index contributed by atoms with van der Waals surface area (Å²) in [6, 6.07) is 9.76. The molecule has 1 fully saturated rings. The number of rotatable bonds is 4. The molecule has 2 rings (SSSR count). The van der Waals surface area contributed by atoms with E-state index in [1.807, 2.05) is 37.3 Å². The molecule has 1 aromatic carbocycles. The highest BCUT2D eigenvalue weighted by molar-refractivity contribution is 5.73. The fourth-order valence-corrected chi connectivity index (χ4v) is 2.18. The SMILES string of the molecule is C[C@@H]1[C@@H](O)[C@H](COCc2ccccc2)OC(=O)[C@H]1C. The van der Waals surface area contributed by atoms with Gasteiger partial charge in [-0.3, -0.25) is 4.79 Å². The third kappa shape index (κ3) is 3.33. The summed E-state index contributed by atoms with van der Waals surface area (Å²) < 4.78 is 10.7. The maximum absolute atomic E-state index is 11.6. The Kier molecular flexibility index (Phi) is 4.56. The van der Waals surface area contributed by atoms with Crippen LogP contribution in [0, 0.1) is 11.8 Å². The number of esters is 1. The Morgan fingerprint density at radius 2 is 1.95 bits per heavy atom.